The van der Waals surface area contributed by atoms with Crippen molar-refractivity contribution in [3.8, 4) is 27.5 Å². The van der Waals surface area contributed by atoms with Gasteiger partial charge in [0.1, 0.15) is 5.75 Å². The number of nitrogens with two attached hydrogens (primary N) is 1. The van der Waals surface area contributed by atoms with Crippen LogP contribution < -0.4 is 10.5 Å². The summed E-state index contributed by atoms with van der Waals surface area (Å²) in [6.45, 7) is 2.03. The Morgan fingerprint density at radius 2 is 2.10 bits per heavy atom. The molecule has 0 spiro atoms. The SMILES string of the molecule is COc1ccccc1-c1c(N)noc1-c1cc(C)c(Br)s1. The summed E-state index contributed by atoms with van der Waals surface area (Å²) in [5, 5.41) is 3.92. The Bertz CT molecular complexity index is 775. The van der Waals surface area contributed by atoms with Gasteiger partial charge in [0.25, 0.3) is 0 Å². The molecule has 21 heavy (non-hydrogen) atoms. The lowest BCUT2D eigenvalue weighted by molar-refractivity contribution is 0.416. The maximum absolute atomic E-state index is 6.01. The van der Waals surface area contributed by atoms with Gasteiger partial charge in [-0.05, 0) is 40.5 Å². The highest BCUT2D eigenvalue weighted by Gasteiger charge is 2.22. The number of methoxy groups -OCH3 is 1. The van der Waals surface area contributed by atoms with Gasteiger partial charge >= 0.3 is 0 Å². The molecule has 0 atom stereocenters. The Balaban J connectivity index is 2.22. The summed E-state index contributed by atoms with van der Waals surface area (Å²) in [4.78, 5) is 0.976. The van der Waals surface area contributed by atoms with E-state index < -0.39 is 0 Å². The van der Waals surface area contributed by atoms with Crippen molar-refractivity contribution in [3.63, 3.8) is 0 Å². The fourth-order valence-corrected chi connectivity index (χ4v) is 3.67. The van der Waals surface area contributed by atoms with Gasteiger partial charge in [-0.3, -0.25) is 0 Å². The average Bonchev–Trinajstić information content (AvgIpc) is 3.02. The van der Waals surface area contributed by atoms with Crippen LogP contribution in [0.1, 0.15) is 5.56 Å². The van der Waals surface area contributed by atoms with Gasteiger partial charge in [0.2, 0.25) is 0 Å². The molecule has 2 aromatic heterocycles. The summed E-state index contributed by atoms with van der Waals surface area (Å²) in [5.74, 6) is 1.76. The molecule has 108 valence electrons. The number of benzene rings is 1. The summed E-state index contributed by atoms with van der Waals surface area (Å²) >= 11 is 5.12. The molecule has 3 rings (SSSR count). The minimum atomic E-state index is 0.358. The standard InChI is InChI=1S/C15H13BrN2O2S/c1-8-7-11(21-14(8)16)13-12(15(17)18-20-13)9-5-3-4-6-10(9)19-2/h3-7H,1-2H3,(H2,17,18). The van der Waals surface area contributed by atoms with E-state index in [0.29, 0.717) is 11.6 Å². The lowest BCUT2D eigenvalue weighted by Gasteiger charge is -2.07. The van der Waals surface area contributed by atoms with E-state index in [4.69, 9.17) is 15.0 Å². The van der Waals surface area contributed by atoms with Crippen molar-refractivity contribution in [1.82, 2.24) is 5.16 Å². The molecule has 0 saturated carbocycles. The van der Waals surface area contributed by atoms with Crippen LogP contribution in [0.25, 0.3) is 21.8 Å². The molecule has 0 unspecified atom stereocenters. The van der Waals surface area contributed by atoms with Crippen LogP contribution in [-0.4, -0.2) is 12.3 Å². The summed E-state index contributed by atoms with van der Waals surface area (Å²) in [5.41, 5.74) is 8.80. The van der Waals surface area contributed by atoms with E-state index >= 15 is 0 Å². The maximum atomic E-state index is 6.01. The number of ether oxygens (including phenoxy) is 1. The summed E-state index contributed by atoms with van der Waals surface area (Å²) < 4.78 is 11.9. The Hall–Kier alpha value is -1.79. The molecular weight excluding hydrogens is 352 g/mol. The van der Waals surface area contributed by atoms with Gasteiger partial charge in [0.05, 0.1) is 21.3 Å². The number of nitrogens with zero attached hydrogens (tertiary/aromatic N) is 1. The largest absolute Gasteiger partial charge is 0.496 e. The van der Waals surface area contributed by atoms with Crippen molar-refractivity contribution in [2.75, 3.05) is 12.8 Å². The number of aromatic nitrogens is 1. The molecule has 0 saturated heterocycles. The molecule has 2 N–H and O–H groups in total. The number of halogens is 1. The second kappa shape index (κ2) is 5.54. The Morgan fingerprint density at radius 1 is 1.33 bits per heavy atom. The van der Waals surface area contributed by atoms with Crippen LogP contribution in [0.15, 0.2) is 38.6 Å². The average molecular weight is 365 g/mol. The quantitative estimate of drug-likeness (QED) is 0.729. The van der Waals surface area contributed by atoms with Crippen LogP contribution in [0.4, 0.5) is 5.82 Å². The van der Waals surface area contributed by atoms with E-state index in [2.05, 4.69) is 21.1 Å². The number of rotatable bonds is 3. The van der Waals surface area contributed by atoms with Crippen molar-refractivity contribution in [2.24, 2.45) is 0 Å². The van der Waals surface area contributed by atoms with E-state index in [-0.39, 0.29) is 0 Å². The summed E-state index contributed by atoms with van der Waals surface area (Å²) in [6, 6.07) is 9.73. The highest BCUT2D eigenvalue weighted by Crippen LogP contribution is 2.44. The lowest BCUT2D eigenvalue weighted by atomic mass is 10.0. The van der Waals surface area contributed by atoms with Crippen LogP contribution >= 0.6 is 27.3 Å². The zero-order valence-electron chi connectivity index (χ0n) is 11.5. The molecule has 0 bridgehead atoms. The highest BCUT2D eigenvalue weighted by molar-refractivity contribution is 9.11. The summed E-state index contributed by atoms with van der Waals surface area (Å²) in [6.07, 6.45) is 0. The molecule has 2 heterocycles. The summed E-state index contributed by atoms with van der Waals surface area (Å²) in [7, 11) is 1.63. The lowest BCUT2D eigenvalue weighted by Crippen LogP contribution is -1.92. The van der Waals surface area contributed by atoms with Crippen LogP contribution in [0.5, 0.6) is 5.75 Å². The zero-order valence-corrected chi connectivity index (χ0v) is 13.9. The van der Waals surface area contributed by atoms with Gasteiger partial charge in [0.15, 0.2) is 11.6 Å². The first-order chi connectivity index (χ1) is 10.1. The second-order valence-electron chi connectivity index (χ2n) is 4.54. The number of para-hydroxylation sites is 1. The fourth-order valence-electron chi connectivity index (χ4n) is 2.15. The first kappa shape index (κ1) is 14.2. The molecule has 3 aromatic rings. The molecule has 6 heteroatoms. The molecule has 1 aromatic carbocycles. The molecule has 0 amide bonds. The van der Waals surface area contributed by atoms with Crippen LogP contribution in [0, 0.1) is 6.92 Å². The molecular formula is C15H13BrN2O2S. The molecule has 0 radical (unpaired) electrons. The van der Waals surface area contributed by atoms with Gasteiger partial charge in [-0.25, -0.2) is 0 Å². The Morgan fingerprint density at radius 3 is 2.76 bits per heavy atom. The van der Waals surface area contributed by atoms with Crippen molar-refractivity contribution in [3.05, 3.63) is 39.7 Å². The molecule has 0 aliphatic heterocycles. The van der Waals surface area contributed by atoms with Crippen LogP contribution in [0.2, 0.25) is 0 Å². The van der Waals surface area contributed by atoms with Gasteiger partial charge < -0.3 is 15.0 Å². The van der Waals surface area contributed by atoms with E-state index in [9.17, 15) is 0 Å². The van der Waals surface area contributed by atoms with E-state index in [1.807, 2.05) is 37.3 Å². The molecule has 0 aliphatic rings. The Labute approximate surface area is 134 Å². The molecule has 4 nitrogen and oxygen atoms in total. The number of hydrogen-bond acceptors (Lipinski definition) is 5. The first-order valence-electron chi connectivity index (χ1n) is 6.26. The fraction of sp³-hybridized carbons (Fsp3) is 0.133. The predicted molar refractivity (Wildman–Crippen MR) is 88.7 cm³/mol. The van der Waals surface area contributed by atoms with Crippen molar-refractivity contribution < 1.29 is 9.26 Å². The smallest absolute Gasteiger partial charge is 0.187 e. The number of aryl methyl sites for hydroxylation is 1. The van der Waals surface area contributed by atoms with Gasteiger partial charge in [-0.2, -0.15) is 0 Å². The van der Waals surface area contributed by atoms with Crippen molar-refractivity contribution >= 4 is 33.1 Å². The second-order valence-corrected chi connectivity index (χ2v) is 6.91. The van der Waals surface area contributed by atoms with E-state index in [0.717, 1.165) is 31.1 Å². The third kappa shape index (κ3) is 2.45. The third-order valence-corrected chi connectivity index (χ3v) is 5.31. The number of anilines is 1. The van der Waals surface area contributed by atoms with Crippen molar-refractivity contribution in [2.45, 2.75) is 6.92 Å². The topological polar surface area (TPSA) is 61.3 Å². The monoisotopic (exact) mass is 364 g/mol. The number of nitrogen functional groups attached to an aromatic ring is 1. The normalized spacial score (nSPS) is 10.8. The Kier molecular flexibility index (Phi) is 3.73. The van der Waals surface area contributed by atoms with Crippen molar-refractivity contribution in [1.29, 1.82) is 0 Å². The van der Waals surface area contributed by atoms with Crippen LogP contribution in [-0.2, 0) is 0 Å². The van der Waals surface area contributed by atoms with Gasteiger partial charge in [0, 0.05) is 5.56 Å². The minimum Gasteiger partial charge on any atom is -0.496 e. The van der Waals surface area contributed by atoms with E-state index in [1.165, 1.54) is 0 Å². The first-order valence-corrected chi connectivity index (χ1v) is 7.87. The van der Waals surface area contributed by atoms with E-state index in [1.54, 1.807) is 18.4 Å². The molecule has 0 fully saturated rings. The van der Waals surface area contributed by atoms with Gasteiger partial charge in [-0.1, -0.05) is 23.4 Å². The predicted octanol–water partition coefficient (Wildman–Crippen LogP) is 4.73. The number of thiophene rings is 1. The van der Waals surface area contributed by atoms with Crippen LogP contribution in [0.3, 0.4) is 0 Å². The minimum absolute atomic E-state index is 0.358. The number of hydrogen-bond donors (Lipinski definition) is 1. The zero-order chi connectivity index (χ0) is 15.0. The maximum Gasteiger partial charge on any atom is 0.187 e. The third-order valence-electron chi connectivity index (χ3n) is 3.18. The molecule has 0 aliphatic carbocycles. The van der Waals surface area contributed by atoms with Gasteiger partial charge in [-0.15, -0.1) is 11.3 Å². The highest BCUT2D eigenvalue weighted by atomic mass is 79.9.